The number of unbranched alkanes of at least 4 members (excludes halogenated alkanes) is 1. The zero-order valence-electron chi connectivity index (χ0n) is 16.3. The van der Waals surface area contributed by atoms with Crippen molar-refractivity contribution in [3.63, 3.8) is 0 Å². The molecule has 1 aliphatic carbocycles. The van der Waals surface area contributed by atoms with Crippen molar-refractivity contribution in [1.82, 2.24) is 15.1 Å². The predicted octanol–water partition coefficient (Wildman–Crippen LogP) is 3.43. The molecular formula is C19H38N4S. The molecule has 24 heavy (non-hydrogen) atoms. The minimum Gasteiger partial charge on any atom is -0.356 e. The molecule has 0 aromatic rings. The van der Waals surface area contributed by atoms with Crippen molar-refractivity contribution in [3.05, 3.63) is 0 Å². The van der Waals surface area contributed by atoms with E-state index in [4.69, 9.17) is 0 Å². The lowest BCUT2D eigenvalue weighted by Crippen LogP contribution is -2.53. The van der Waals surface area contributed by atoms with Gasteiger partial charge in [-0.2, -0.15) is 11.8 Å². The highest BCUT2D eigenvalue weighted by molar-refractivity contribution is 8.00. The number of aliphatic imine (C=N–C) groups is 1. The summed E-state index contributed by atoms with van der Waals surface area (Å²) in [6.07, 6.45) is 9.51. The third-order valence-corrected chi connectivity index (χ3v) is 7.16. The first-order chi connectivity index (χ1) is 11.6. The van der Waals surface area contributed by atoms with Crippen LogP contribution in [0.3, 0.4) is 0 Å². The fourth-order valence-electron chi connectivity index (χ4n) is 3.80. The molecule has 2 aliphatic rings. The van der Waals surface area contributed by atoms with Crippen molar-refractivity contribution < 1.29 is 0 Å². The standard InChI is InChI=1S/C19H38N4S/c1-17(2)22(4)13-9-8-12-21-18(20-3)23-14-15-24-19(16-23)10-6-5-7-11-19/h17H,5-16H2,1-4H3,(H,20,21). The van der Waals surface area contributed by atoms with Crippen molar-refractivity contribution in [2.24, 2.45) is 4.99 Å². The third kappa shape index (κ3) is 5.83. The van der Waals surface area contributed by atoms with E-state index < -0.39 is 0 Å². The average Bonchev–Trinajstić information content (AvgIpc) is 2.58. The van der Waals surface area contributed by atoms with Crippen LogP contribution in [0.2, 0.25) is 0 Å². The second kappa shape index (κ2) is 9.91. The molecule has 1 N–H and O–H groups in total. The largest absolute Gasteiger partial charge is 0.356 e. The van der Waals surface area contributed by atoms with E-state index in [1.54, 1.807) is 0 Å². The van der Waals surface area contributed by atoms with Gasteiger partial charge in [-0.1, -0.05) is 19.3 Å². The van der Waals surface area contributed by atoms with Gasteiger partial charge in [-0.3, -0.25) is 4.99 Å². The number of hydrogen-bond acceptors (Lipinski definition) is 3. The lowest BCUT2D eigenvalue weighted by Gasteiger charge is -2.45. The quantitative estimate of drug-likeness (QED) is 0.450. The van der Waals surface area contributed by atoms with Gasteiger partial charge < -0.3 is 15.1 Å². The molecule has 1 aliphatic heterocycles. The van der Waals surface area contributed by atoms with Gasteiger partial charge in [-0.15, -0.1) is 0 Å². The number of rotatable bonds is 6. The number of nitrogens with one attached hydrogen (secondary N) is 1. The predicted molar refractivity (Wildman–Crippen MR) is 108 cm³/mol. The van der Waals surface area contributed by atoms with Gasteiger partial charge in [-0.05, 0) is 53.1 Å². The van der Waals surface area contributed by atoms with Crippen molar-refractivity contribution in [2.75, 3.05) is 46.0 Å². The van der Waals surface area contributed by atoms with Crippen molar-refractivity contribution in [2.45, 2.75) is 69.6 Å². The maximum absolute atomic E-state index is 4.56. The fraction of sp³-hybridized carbons (Fsp3) is 0.947. The first-order valence-electron chi connectivity index (χ1n) is 9.86. The van der Waals surface area contributed by atoms with Gasteiger partial charge >= 0.3 is 0 Å². The number of nitrogens with zero attached hydrogens (tertiary/aromatic N) is 3. The molecule has 0 amide bonds. The van der Waals surface area contributed by atoms with Crippen LogP contribution in [-0.2, 0) is 0 Å². The molecule has 0 unspecified atom stereocenters. The summed E-state index contributed by atoms with van der Waals surface area (Å²) in [5, 5.41) is 3.61. The molecule has 4 nitrogen and oxygen atoms in total. The number of guanidine groups is 1. The molecule has 0 aromatic carbocycles. The van der Waals surface area contributed by atoms with E-state index in [1.165, 1.54) is 63.8 Å². The SMILES string of the molecule is CN=C(NCCCCN(C)C(C)C)N1CCSC2(CCCCC2)C1. The normalized spacial score (nSPS) is 21.8. The summed E-state index contributed by atoms with van der Waals surface area (Å²) in [7, 11) is 4.15. The summed E-state index contributed by atoms with van der Waals surface area (Å²) in [4.78, 5) is 9.50. The van der Waals surface area contributed by atoms with E-state index in [9.17, 15) is 0 Å². The van der Waals surface area contributed by atoms with E-state index >= 15 is 0 Å². The highest BCUT2D eigenvalue weighted by atomic mass is 32.2. The molecule has 1 heterocycles. The molecule has 5 heteroatoms. The Morgan fingerprint density at radius 2 is 2.00 bits per heavy atom. The Labute approximate surface area is 153 Å². The molecule has 1 saturated carbocycles. The van der Waals surface area contributed by atoms with E-state index in [0.717, 1.165) is 19.0 Å². The minimum atomic E-state index is 0.508. The highest BCUT2D eigenvalue weighted by Gasteiger charge is 2.38. The van der Waals surface area contributed by atoms with Gasteiger partial charge in [-0.25, -0.2) is 0 Å². The molecule has 0 aromatic heterocycles. The molecule has 0 atom stereocenters. The van der Waals surface area contributed by atoms with Crippen molar-refractivity contribution >= 4 is 17.7 Å². The van der Waals surface area contributed by atoms with Crippen LogP contribution in [0.15, 0.2) is 4.99 Å². The second-order valence-electron chi connectivity index (χ2n) is 7.77. The monoisotopic (exact) mass is 354 g/mol. The Hall–Kier alpha value is -0.420. The number of hydrogen-bond donors (Lipinski definition) is 1. The van der Waals surface area contributed by atoms with Crippen LogP contribution in [0, 0.1) is 0 Å². The maximum atomic E-state index is 4.56. The lowest BCUT2D eigenvalue weighted by molar-refractivity contribution is 0.268. The van der Waals surface area contributed by atoms with Gasteiger partial charge in [0.2, 0.25) is 0 Å². The molecule has 0 bridgehead atoms. The molecule has 1 spiro atoms. The summed E-state index contributed by atoms with van der Waals surface area (Å²) in [6, 6.07) is 0.642. The summed E-state index contributed by atoms with van der Waals surface area (Å²) in [5.41, 5.74) is 0. The topological polar surface area (TPSA) is 30.9 Å². The van der Waals surface area contributed by atoms with Gasteiger partial charge in [0.25, 0.3) is 0 Å². The van der Waals surface area contributed by atoms with Crippen LogP contribution in [0.5, 0.6) is 0 Å². The zero-order chi connectivity index (χ0) is 17.4. The van der Waals surface area contributed by atoms with Crippen LogP contribution >= 0.6 is 11.8 Å². The van der Waals surface area contributed by atoms with Crippen molar-refractivity contribution in [3.8, 4) is 0 Å². The molecule has 2 rings (SSSR count). The molecule has 2 fully saturated rings. The Kier molecular flexibility index (Phi) is 8.21. The van der Waals surface area contributed by atoms with E-state index in [1.807, 2.05) is 7.05 Å². The Bertz CT molecular complexity index is 385. The second-order valence-corrected chi connectivity index (χ2v) is 9.33. The Morgan fingerprint density at radius 1 is 1.25 bits per heavy atom. The van der Waals surface area contributed by atoms with Crippen LogP contribution in [0.4, 0.5) is 0 Å². The summed E-state index contributed by atoms with van der Waals surface area (Å²) in [6.45, 7) is 9.07. The first kappa shape index (κ1) is 19.9. The minimum absolute atomic E-state index is 0.508. The van der Waals surface area contributed by atoms with Crippen LogP contribution in [0.25, 0.3) is 0 Å². The highest BCUT2D eigenvalue weighted by Crippen LogP contribution is 2.42. The van der Waals surface area contributed by atoms with E-state index in [2.05, 4.69) is 52.8 Å². The first-order valence-corrected chi connectivity index (χ1v) is 10.8. The Morgan fingerprint density at radius 3 is 2.67 bits per heavy atom. The van der Waals surface area contributed by atoms with Gasteiger partial charge in [0, 0.05) is 43.2 Å². The van der Waals surface area contributed by atoms with Crippen LogP contribution in [-0.4, -0.2) is 72.6 Å². The average molecular weight is 355 g/mol. The summed E-state index contributed by atoms with van der Waals surface area (Å²) in [5.74, 6) is 2.37. The fourth-order valence-corrected chi connectivity index (χ4v) is 5.37. The Balaban J connectivity index is 1.73. The van der Waals surface area contributed by atoms with Crippen molar-refractivity contribution in [1.29, 1.82) is 0 Å². The summed E-state index contributed by atoms with van der Waals surface area (Å²) >= 11 is 2.23. The molecule has 140 valence electrons. The third-order valence-electron chi connectivity index (χ3n) is 5.63. The maximum Gasteiger partial charge on any atom is 0.193 e. The van der Waals surface area contributed by atoms with E-state index in [0.29, 0.717) is 10.8 Å². The van der Waals surface area contributed by atoms with E-state index in [-0.39, 0.29) is 0 Å². The zero-order valence-corrected chi connectivity index (χ0v) is 17.1. The smallest absolute Gasteiger partial charge is 0.193 e. The van der Waals surface area contributed by atoms with Crippen LogP contribution in [0.1, 0.15) is 58.8 Å². The number of thioether (sulfide) groups is 1. The molecule has 1 saturated heterocycles. The molecule has 0 radical (unpaired) electrons. The lowest BCUT2D eigenvalue weighted by atomic mass is 9.87. The van der Waals surface area contributed by atoms with Gasteiger partial charge in [0.15, 0.2) is 5.96 Å². The summed E-state index contributed by atoms with van der Waals surface area (Å²) < 4.78 is 0.508. The van der Waals surface area contributed by atoms with Gasteiger partial charge in [0.05, 0.1) is 0 Å². The van der Waals surface area contributed by atoms with Gasteiger partial charge in [0.1, 0.15) is 0 Å². The van der Waals surface area contributed by atoms with Crippen LogP contribution < -0.4 is 5.32 Å². The molecular weight excluding hydrogens is 316 g/mol.